The van der Waals surface area contributed by atoms with Gasteiger partial charge in [-0.1, -0.05) is 11.6 Å². The zero-order chi connectivity index (χ0) is 20.3. The zero-order valence-corrected chi connectivity index (χ0v) is 16.2. The Morgan fingerprint density at radius 3 is 2.39 bits per heavy atom. The number of Topliss-reactive ketones (excluding diaryl/α,β-unsaturated/α-hetero) is 1. The second-order valence-corrected chi connectivity index (χ2v) is 6.40. The molecular formula is C22H21NO5. The van der Waals surface area contributed by atoms with E-state index in [1.807, 2.05) is 32.0 Å². The third kappa shape index (κ3) is 3.96. The summed E-state index contributed by atoms with van der Waals surface area (Å²) in [6.07, 6.45) is 0. The van der Waals surface area contributed by atoms with Crippen molar-refractivity contribution in [3.8, 4) is 11.5 Å². The van der Waals surface area contributed by atoms with Gasteiger partial charge in [0.1, 0.15) is 0 Å². The van der Waals surface area contributed by atoms with Crippen molar-refractivity contribution in [1.29, 1.82) is 0 Å². The maximum Gasteiger partial charge on any atom is 0.339 e. The van der Waals surface area contributed by atoms with E-state index in [-0.39, 0.29) is 12.4 Å². The van der Waals surface area contributed by atoms with Crippen LogP contribution in [-0.4, -0.2) is 37.6 Å². The Bertz CT molecular complexity index is 1060. The summed E-state index contributed by atoms with van der Waals surface area (Å²) in [6.45, 7) is 3.38. The maximum absolute atomic E-state index is 12.6. The van der Waals surface area contributed by atoms with E-state index < -0.39 is 5.97 Å². The Morgan fingerprint density at radius 2 is 1.68 bits per heavy atom. The summed E-state index contributed by atoms with van der Waals surface area (Å²) in [7, 11) is 3.01. The van der Waals surface area contributed by atoms with Gasteiger partial charge in [0, 0.05) is 16.6 Å². The van der Waals surface area contributed by atoms with Gasteiger partial charge in [0.25, 0.3) is 0 Å². The molecule has 144 valence electrons. The van der Waals surface area contributed by atoms with Crippen LogP contribution in [0.25, 0.3) is 10.9 Å². The fraction of sp³-hybridized carbons (Fsp3) is 0.227. The Morgan fingerprint density at radius 1 is 0.929 bits per heavy atom. The molecule has 0 bridgehead atoms. The maximum atomic E-state index is 12.6. The van der Waals surface area contributed by atoms with Crippen molar-refractivity contribution < 1.29 is 23.8 Å². The van der Waals surface area contributed by atoms with Crippen LogP contribution in [0.15, 0.2) is 42.5 Å². The number of nitrogens with zero attached hydrogens (tertiary/aromatic N) is 1. The Labute approximate surface area is 163 Å². The predicted molar refractivity (Wildman–Crippen MR) is 105 cm³/mol. The van der Waals surface area contributed by atoms with Crippen LogP contribution in [0.1, 0.15) is 32.0 Å². The van der Waals surface area contributed by atoms with Crippen LogP contribution in [-0.2, 0) is 4.74 Å². The molecule has 6 nitrogen and oxygen atoms in total. The minimum absolute atomic E-state index is 0.333. The normalized spacial score (nSPS) is 10.6. The number of pyridine rings is 1. The van der Waals surface area contributed by atoms with E-state index in [0.717, 1.165) is 5.56 Å². The van der Waals surface area contributed by atoms with Gasteiger partial charge in [0.05, 0.1) is 25.3 Å². The van der Waals surface area contributed by atoms with Gasteiger partial charge in [-0.15, -0.1) is 0 Å². The summed E-state index contributed by atoms with van der Waals surface area (Å²) >= 11 is 0. The lowest BCUT2D eigenvalue weighted by Crippen LogP contribution is -2.15. The van der Waals surface area contributed by atoms with Crippen molar-refractivity contribution >= 4 is 22.7 Å². The molecule has 1 aromatic heterocycles. The number of carbonyl (C=O) groups is 2. The first-order valence-corrected chi connectivity index (χ1v) is 8.73. The van der Waals surface area contributed by atoms with Crippen molar-refractivity contribution in [2.24, 2.45) is 0 Å². The number of hydrogen-bond acceptors (Lipinski definition) is 6. The van der Waals surface area contributed by atoms with E-state index >= 15 is 0 Å². The minimum Gasteiger partial charge on any atom is -0.493 e. The van der Waals surface area contributed by atoms with Crippen molar-refractivity contribution in [2.45, 2.75) is 13.8 Å². The topological polar surface area (TPSA) is 74.7 Å². The number of methoxy groups -OCH3 is 2. The smallest absolute Gasteiger partial charge is 0.339 e. The average molecular weight is 379 g/mol. The van der Waals surface area contributed by atoms with Gasteiger partial charge in [-0.25, -0.2) is 4.79 Å². The van der Waals surface area contributed by atoms with Gasteiger partial charge in [-0.05, 0) is 50.2 Å². The molecule has 0 N–H and O–H groups in total. The van der Waals surface area contributed by atoms with E-state index in [2.05, 4.69) is 4.98 Å². The van der Waals surface area contributed by atoms with Gasteiger partial charge in [0.15, 0.2) is 23.9 Å². The summed E-state index contributed by atoms with van der Waals surface area (Å²) in [5, 5.41) is 0.703. The van der Waals surface area contributed by atoms with Crippen LogP contribution in [0.4, 0.5) is 0 Å². The van der Waals surface area contributed by atoms with Gasteiger partial charge in [-0.2, -0.15) is 0 Å². The van der Waals surface area contributed by atoms with Crippen molar-refractivity contribution in [1.82, 2.24) is 4.98 Å². The van der Waals surface area contributed by atoms with Crippen LogP contribution in [0.5, 0.6) is 11.5 Å². The van der Waals surface area contributed by atoms with Crippen LogP contribution < -0.4 is 9.47 Å². The molecule has 3 rings (SSSR count). The molecule has 6 heteroatoms. The number of ketones is 1. The lowest BCUT2D eigenvalue weighted by atomic mass is 10.1. The standard InChI is InChI=1S/C22H21NO5/c1-13-5-7-18-16(9-13)17(10-14(2)23-18)22(25)28-12-19(24)15-6-8-20(26-3)21(11-15)27-4/h5-11H,12H2,1-4H3. The largest absolute Gasteiger partial charge is 0.493 e. The van der Waals surface area contributed by atoms with Crippen LogP contribution in [0.2, 0.25) is 0 Å². The van der Waals surface area contributed by atoms with Crippen LogP contribution in [0.3, 0.4) is 0 Å². The minimum atomic E-state index is -0.560. The molecule has 0 aliphatic heterocycles. The summed E-state index contributed by atoms with van der Waals surface area (Å²) in [6, 6.07) is 12.2. The Hall–Kier alpha value is -3.41. The van der Waals surface area contributed by atoms with Crippen LogP contribution >= 0.6 is 0 Å². The predicted octanol–water partition coefficient (Wildman–Crippen LogP) is 3.91. The molecule has 28 heavy (non-hydrogen) atoms. The second-order valence-electron chi connectivity index (χ2n) is 6.40. The first-order chi connectivity index (χ1) is 13.4. The highest BCUT2D eigenvalue weighted by Gasteiger charge is 2.17. The fourth-order valence-electron chi connectivity index (χ4n) is 2.94. The molecule has 0 atom stereocenters. The average Bonchev–Trinajstić information content (AvgIpc) is 2.70. The molecule has 0 fully saturated rings. The number of aryl methyl sites for hydroxylation is 2. The number of benzene rings is 2. The number of aromatic nitrogens is 1. The lowest BCUT2D eigenvalue weighted by Gasteiger charge is -2.10. The molecule has 0 aliphatic carbocycles. The highest BCUT2D eigenvalue weighted by atomic mass is 16.5. The second kappa shape index (κ2) is 8.08. The van der Waals surface area contributed by atoms with E-state index in [0.29, 0.717) is 39.2 Å². The highest BCUT2D eigenvalue weighted by molar-refractivity contribution is 6.05. The van der Waals surface area contributed by atoms with Crippen molar-refractivity contribution in [2.75, 3.05) is 20.8 Å². The molecule has 0 saturated carbocycles. The summed E-state index contributed by atoms with van der Waals surface area (Å²) in [4.78, 5) is 29.5. The molecule has 0 aliphatic rings. The third-order valence-electron chi connectivity index (χ3n) is 4.35. The number of ether oxygens (including phenoxy) is 3. The van der Waals surface area contributed by atoms with E-state index in [9.17, 15) is 9.59 Å². The van der Waals surface area contributed by atoms with E-state index in [1.54, 1.807) is 24.3 Å². The van der Waals surface area contributed by atoms with Crippen LogP contribution in [0, 0.1) is 13.8 Å². The number of carbonyl (C=O) groups excluding carboxylic acids is 2. The van der Waals surface area contributed by atoms with Gasteiger partial charge < -0.3 is 14.2 Å². The first kappa shape index (κ1) is 19.4. The van der Waals surface area contributed by atoms with Gasteiger partial charge in [0.2, 0.25) is 0 Å². The summed E-state index contributed by atoms with van der Waals surface area (Å²) in [5.74, 6) is 0.0616. The molecular weight excluding hydrogens is 358 g/mol. The Kier molecular flexibility index (Phi) is 5.59. The lowest BCUT2D eigenvalue weighted by molar-refractivity contribution is 0.0476. The highest BCUT2D eigenvalue weighted by Crippen LogP contribution is 2.28. The number of rotatable bonds is 6. The van der Waals surface area contributed by atoms with Gasteiger partial charge in [-0.3, -0.25) is 9.78 Å². The van der Waals surface area contributed by atoms with E-state index in [1.165, 1.54) is 14.2 Å². The molecule has 2 aromatic carbocycles. The molecule has 3 aromatic rings. The Balaban J connectivity index is 1.80. The molecule has 0 spiro atoms. The van der Waals surface area contributed by atoms with E-state index in [4.69, 9.17) is 14.2 Å². The molecule has 0 saturated heterocycles. The first-order valence-electron chi connectivity index (χ1n) is 8.73. The quantitative estimate of drug-likeness (QED) is 0.478. The number of hydrogen-bond donors (Lipinski definition) is 0. The molecule has 0 unspecified atom stereocenters. The summed E-state index contributed by atoms with van der Waals surface area (Å²) < 4.78 is 15.7. The van der Waals surface area contributed by atoms with Gasteiger partial charge >= 0.3 is 5.97 Å². The molecule has 1 heterocycles. The fourth-order valence-corrected chi connectivity index (χ4v) is 2.94. The monoisotopic (exact) mass is 379 g/mol. The summed E-state index contributed by atoms with van der Waals surface area (Å²) in [5.41, 5.74) is 3.19. The molecule has 0 amide bonds. The van der Waals surface area contributed by atoms with Crippen molar-refractivity contribution in [3.63, 3.8) is 0 Å². The molecule has 0 radical (unpaired) electrons. The third-order valence-corrected chi connectivity index (χ3v) is 4.35. The SMILES string of the molecule is COc1ccc(C(=O)COC(=O)c2cc(C)nc3ccc(C)cc23)cc1OC. The zero-order valence-electron chi connectivity index (χ0n) is 16.2. The van der Waals surface area contributed by atoms with Crippen molar-refractivity contribution in [3.05, 3.63) is 64.8 Å². The number of fused-ring (bicyclic) bond motifs is 1. The number of esters is 1.